The van der Waals surface area contributed by atoms with Crippen LogP contribution in [0.4, 0.5) is 0 Å². The predicted octanol–water partition coefficient (Wildman–Crippen LogP) is 1.80. The smallest absolute Gasteiger partial charge is 0.243 e. The summed E-state index contributed by atoms with van der Waals surface area (Å²) in [4.78, 5) is 27.1. The first-order valence-corrected chi connectivity index (χ1v) is 9.75. The Kier molecular flexibility index (Phi) is 5.05. The minimum absolute atomic E-state index is 0.0338. The van der Waals surface area contributed by atoms with Crippen LogP contribution in [0.3, 0.4) is 0 Å². The maximum atomic E-state index is 13.2. The van der Waals surface area contributed by atoms with Crippen LogP contribution in [0.1, 0.15) is 41.1 Å². The van der Waals surface area contributed by atoms with Crippen LogP contribution in [0, 0.1) is 0 Å². The summed E-state index contributed by atoms with van der Waals surface area (Å²) in [5.41, 5.74) is 9.86. The molecule has 0 fully saturated rings. The van der Waals surface area contributed by atoms with E-state index >= 15 is 0 Å². The van der Waals surface area contributed by atoms with Crippen molar-refractivity contribution in [3.05, 3.63) is 64.7 Å². The van der Waals surface area contributed by atoms with Gasteiger partial charge in [-0.15, -0.1) is 0 Å². The minimum Gasteiger partial charge on any atom is -0.508 e. The molecule has 2 aliphatic rings. The first-order valence-electron chi connectivity index (χ1n) is 9.75. The molecule has 28 heavy (non-hydrogen) atoms. The minimum atomic E-state index is -0.595. The van der Waals surface area contributed by atoms with E-state index in [2.05, 4.69) is 17.4 Å². The Labute approximate surface area is 164 Å². The Morgan fingerprint density at radius 3 is 2.79 bits per heavy atom. The van der Waals surface area contributed by atoms with Crippen molar-refractivity contribution in [2.45, 2.75) is 44.3 Å². The fraction of sp³-hybridized carbons (Fsp3) is 0.364. The average Bonchev–Trinajstić information content (AvgIpc) is 2.72. The number of phenols is 1. The maximum absolute atomic E-state index is 13.2. The summed E-state index contributed by atoms with van der Waals surface area (Å²) in [7, 11) is 0. The van der Waals surface area contributed by atoms with Crippen LogP contribution < -0.4 is 11.1 Å². The molecular formula is C22H25N3O3. The molecule has 146 valence electrons. The van der Waals surface area contributed by atoms with Crippen molar-refractivity contribution in [2.24, 2.45) is 5.73 Å². The summed E-state index contributed by atoms with van der Waals surface area (Å²) in [6, 6.07) is 12.7. The van der Waals surface area contributed by atoms with Gasteiger partial charge in [0.1, 0.15) is 11.8 Å². The largest absolute Gasteiger partial charge is 0.508 e. The number of amides is 2. The first kappa shape index (κ1) is 18.5. The second-order valence-corrected chi connectivity index (χ2v) is 7.55. The summed E-state index contributed by atoms with van der Waals surface area (Å²) in [6.07, 6.45) is 3.37. The van der Waals surface area contributed by atoms with Crippen LogP contribution in [-0.2, 0) is 29.0 Å². The molecule has 2 amide bonds. The van der Waals surface area contributed by atoms with Gasteiger partial charge in [0.15, 0.2) is 0 Å². The Bertz CT molecular complexity index is 912. The lowest BCUT2D eigenvalue weighted by atomic mass is 9.87. The highest BCUT2D eigenvalue weighted by molar-refractivity contribution is 5.89. The number of aromatic hydroxyl groups is 1. The van der Waals surface area contributed by atoms with Gasteiger partial charge >= 0.3 is 0 Å². The van der Waals surface area contributed by atoms with Gasteiger partial charge in [0.25, 0.3) is 0 Å². The summed E-state index contributed by atoms with van der Waals surface area (Å²) < 4.78 is 0. The van der Waals surface area contributed by atoms with E-state index in [0.29, 0.717) is 6.42 Å². The molecule has 6 nitrogen and oxygen atoms in total. The summed E-state index contributed by atoms with van der Waals surface area (Å²) in [5.74, 6) is -0.263. The molecule has 2 aromatic carbocycles. The molecule has 1 aliphatic carbocycles. The molecule has 1 heterocycles. The number of rotatable bonds is 3. The lowest BCUT2D eigenvalue weighted by molar-refractivity contribution is -0.141. The van der Waals surface area contributed by atoms with Crippen LogP contribution in [-0.4, -0.2) is 34.4 Å². The van der Waals surface area contributed by atoms with E-state index in [4.69, 9.17) is 5.73 Å². The molecule has 6 heteroatoms. The van der Waals surface area contributed by atoms with E-state index in [9.17, 15) is 14.7 Å². The van der Waals surface area contributed by atoms with Gasteiger partial charge in [-0.2, -0.15) is 0 Å². The molecule has 0 bridgehead atoms. The van der Waals surface area contributed by atoms with E-state index in [1.165, 1.54) is 16.0 Å². The number of nitrogens with two attached hydrogens (primary N) is 1. The molecule has 0 saturated carbocycles. The van der Waals surface area contributed by atoms with Crippen molar-refractivity contribution >= 4 is 11.8 Å². The monoisotopic (exact) mass is 379 g/mol. The van der Waals surface area contributed by atoms with Crippen LogP contribution in [0.15, 0.2) is 42.5 Å². The quantitative estimate of drug-likeness (QED) is 0.758. The summed E-state index contributed by atoms with van der Waals surface area (Å²) in [5, 5.41) is 12.9. The van der Waals surface area contributed by atoms with Crippen molar-refractivity contribution in [3.63, 3.8) is 0 Å². The normalized spacial score (nSPS) is 20.8. The van der Waals surface area contributed by atoms with E-state index in [-0.39, 0.29) is 36.7 Å². The molecular weight excluding hydrogens is 354 g/mol. The molecule has 2 aromatic rings. The van der Waals surface area contributed by atoms with Crippen LogP contribution >= 0.6 is 0 Å². The first-order chi connectivity index (χ1) is 13.6. The van der Waals surface area contributed by atoms with Crippen LogP contribution in [0.2, 0.25) is 0 Å². The van der Waals surface area contributed by atoms with Crippen molar-refractivity contribution in [1.29, 1.82) is 0 Å². The van der Waals surface area contributed by atoms with E-state index in [1.54, 1.807) is 12.1 Å². The van der Waals surface area contributed by atoms with E-state index < -0.39 is 6.04 Å². The fourth-order valence-electron chi connectivity index (χ4n) is 4.36. The SMILES string of the molecule is NCC(=O)N1Cc2cc(O)ccc2CC1C(=O)NC1CCCc2ccccc21. The number of nitrogens with zero attached hydrogens (tertiary/aromatic N) is 1. The Hall–Kier alpha value is -2.86. The number of phenolic OH excluding ortho intramolecular Hbond substituents is 1. The Morgan fingerprint density at radius 1 is 1.14 bits per heavy atom. The highest BCUT2D eigenvalue weighted by Gasteiger charge is 2.35. The van der Waals surface area contributed by atoms with Crippen molar-refractivity contribution in [1.82, 2.24) is 10.2 Å². The standard InChI is InChI=1S/C22H25N3O3/c23-12-21(27)25-13-16-10-17(26)9-8-15(16)11-20(25)22(28)24-19-7-3-5-14-4-1-2-6-18(14)19/h1-2,4,6,8-10,19-20,26H,3,5,7,11-13,23H2,(H,24,28). The van der Waals surface area contributed by atoms with E-state index in [0.717, 1.165) is 30.4 Å². The van der Waals surface area contributed by atoms with Gasteiger partial charge in [-0.1, -0.05) is 30.3 Å². The molecule has 2 atom stereocenters. The van der Waals surface area contributed by atoms with E-state index in [1.807, 2.05) is 18.2 Å². The fourth-order valence-corrected chi connectivity index (χ4v) is 4.36. The number of hydrogen-bond donors (Lipinski definition) is 3. The molecule has 2 unspecified atom stereocenters. The molecule has 1 aliphatic heterocycles. The predicted molar refractivity (Wildman–Crippen MR) is 105 cm³/mol. The number of carbonyl (C=O) groups is 2. The third kappa shape index (κ3) is 3.47. The second kappa shape index (κ2) is 7.64. The average molecular weight is 379 g/mol. The zero-order valence-corrected chi connectivity index (χ0v) is 15.7. The Morgan fingerprint density at radius 2 is 1.96 bits per heavy atom. The molecule has 0 radical (unpaired) electrons. The topological polar surface area (TPSA) is 95.7 Å². The lowest BCUT2D eigenvalue weighted by Crippen LogP contribution is -2.54. The number of benzene rings is 2. The third-order valence-corrected chi connectivity index (χ3v) is 5.80. The van der Waals surface area contributed by atoms with Crippen LogP contribution in [0.25, 0.3) is 0 Å². The molecule has 0 saturated heterocycles. The number of nitrogens with one attached hydrogen (secondary N) is 1. The number of aryl methyl sites for hydroxylation is 1. The number of hydrogen-bond acceptors (Lipinski definition) is 4. The van der Waals surface area contributed by atoms with Gasteiger partial charge in [0, 0.05) is 13.0 Å². The van der Waals surface area contributed by atoms with Crippen molar-refractivity contribution in [2.75, 3.05) is 6.54 Å². The number of carbonyl (C=O) groups excluding carboxylic acids is 2. The van der Waals surface area contributed by atoms with Gasteiger partial charge in [-0.05, 0) is 53.6 Å². The van der Waals surface area contributed by atoms with Gasteiger partial charge in [-0.25, -0.2) is 0 Å². The van der Waals surface area contributed by atoms with Gasteiger partial charge in [-0.3, -0.25) is 9.59 Å². The second-order valence-electron chi connectivity index (χ2n) is 7.55. The molecule has 0 spiro atoms. The third-order valence-electron chi connectivity index (χ3n) is 5.80. The zero-order valence-electron chi connectivity index (χ0n) is 15.7. The highest BCUT2D eigenvalue weighted by Crippen LogP contribution is 2.31. The molecule has 4 rings (SSSR count). The van der Waals surface area contributed by atoms with Gasteiger partial charge < -0.3 is 21.1 Å². The zero-order chi connectivity index (χ0) is 19.7. The number of fused-ring (bicyclic) bond motifs is 2. The van der Waals surface area contributed by atoms with Crippen molar-refractivity contribution < 1.29 is 14.7 Å². The summed E-state index contributed by atoms with van der Waals surface area (Å²) in [6.45, 7) is 0.128. The molecule has 0 aromatic heterocycles. The Balaban J connectivity index is 1.58. The van der Waals surface area contributed by atoms with Gasteiger partial charge in [0.05, 0.1) is 12.6 Å². The van der Waals surface area contributed by atoms with Crippen molar-refractivity contribution in [3.8, 4) is 5.75 Å². The highest BCUT2D eigenvalue weighted by atomic mass is 16.3. The maximum Gasteiger partial charge on any atom is 0.243 e. The summed E-state index contributed by atoms with van der Waals surface area (Å²) >= 11 is 0. The van der Waals surface area contributed by atoms with Gasteiger partial charge in [0.2, 0.25) is 11.8 Å². The molecule has 4 N–H and O–H groups in total. The lowest BCUT2D eigenvalue weighted by Gasteiger charge is -2.37. The van der Waals surface area contributed by atoms with Crippen LogP contribution in [0.5, 0.6) is 5.75 Å².